The van der Waals surface area contributed by atoms with Crippen LogP contribution in [0, 0.1) is 5.82 Å². The SMILES string of the molecule is CCOCc1cnn(C)c1-c1ccc2c(c1)CN([C@H](CN)Cc1cccc(F)c1)C2=O. The van der Waals surface area contributed by atoms with Crippen molar-refractivity contribution in [1.29, 1.82) is 0 Å². The highest BCUT2D eigenvalue weighted by Crippen LogP contribution is 2.31. The molecule has 162 valence electrons. The number of benzene rings is 2. The molecule has 1 aliphatic rings. The lowest BCUT2D eigenvalue weighted by molar-refractivity contribution is 0.0708. The molecule has 2 N–H and O–H groups in total. The molecule has 2 heterocycles. The molecule has 7 heteroatoms. The fourth-order valence-electron chi connectivity index (χ4n) is 4.22. The van der Waals surface area contributed by atoms with Gasteiger partial charge in [0.05, 0.1) is 18.5 Å². The van der Waals surface area contributed by atoms with Gasteiger partial charge >= 0.3 is 0 Å². The Morgan fingerprint density at radius 2 is 2.10 bits per heavy atom. The van der Waals surface area contributed by atoms with Crippen molar-refractivity contribution in [3.63, 3.8) is 0 Å². The van der Waals surface area contributed by atoms with Gasteiger partial charge in [-0.15, -0.1) is 0 Å². The first-order chi connectivity index (χ1) is 15.0. The van der Waals surface area contributed by atoms with Gasteiger partial charge < -0.3 is 15.4 Å². The lowest BCUT2D eigenvalue weighted by atomic mass is 10.0. The third-order valence-electron chi connectivity index (χ3n) is 5.76. The summed E-state index contributed by atoms with van der Waals surface area (Å²) in [6.45, 7) is 3.88. The van der Waals surface area contributed by atoms with Gasteiger partial charge in [0.25, 0.3) is 5.91 Å². The highest BCUT2D eigenvalue weighted by molar-refractivity contribution is 5.99. The van der Waals surface area contributed by atoms with Gasteiger partial charge in [0, 0.05) is 49.5 Å². The van der Waals surface area contributed by atoms with Gasteiger partial charge in [-0.05, 0) is 48.7 Å². The van der Waals surface area contributed by atoms with Crippen LogP contribution in [0.1, 0.15) is 34.0 Å². The van der Waals surface area contributed by atoms with Crippen molar-refractivity contribution in [2.24, 2.45) is 12.8 Å². The molecule has 31 heavy (non-hydrogen) atoms. The monoisotopic (exact) mass is 422 g/mol. The number of aromatic nitrogens is 2. The predicted molar refractivity (Wildman–Crippen MR) is 117 cm³/mol. The molecule has 0 bridgehead atoms. The molecule has 3 aromatic rings. The number of fused-ring (bicyclic) bond motifs is 1. The average Bonchev–Trinajstić information content (AvgIpc) is 3.29. The molecule has 0 spiro atoms. The van der Waals surface area contributed by atoms with Gasteiger partial charge in [0.1, 0.15) is 5.82 Å². The van der Waals surface area contributed by atoms with Gasteiger partial charge in [0.2, 0.25) is 0 Å². The van der Waals surface area contributed by atoms with Crippen molar-refractivity contribution in [2.45, 2.75) is 32.5 Å². The second-order valence-corrected chi connectivity index (χ2v) is 7.81. The van der Waals surface area contributed by atoms with E-state index in [0.717, 1.165) is 27.9 Å². The van der Waals surface area contributed by atoms with Gasteiger partial charge in [-0.25, -0.2) is 4.39 Å². The van der Waals surface area contributed by atoms with Crippen LogP contribution in [0.3, 0.4) is 0 Å². The molecule has 1 aliphatic heterocycles. The standard InChI is InChI=1S/C24H27FN4O2/c1-3-31-15-19-13-27-28(2)23(19)17-7-8-22-18(11-17)14-29(24(22)30)21(12-26)10-16-5-4-6-20(25)9-16/h4-9,11,13,21H,3,10,12,14-15,26H2,1-2H3/t21-/m0/s1. The molecule has 1 aromatic heterocycles. The van der Waals surface area contributed by atoms with E-state index in [1.54, 1.807) is 11.0 Å². The Balaban J connectivity index is 1.59. The third kappa shape index (κ3) is 4.24. The number of aryl methyl sites for hydroxylation is 1. The summed E-state index contributed by atoms with van der Waals surface area (Å²) in [6.07, 6.45) is 2.33. The molecule has 1 amide bonds. The van der Waals surface area contributed by atoms with Gasteiger partial charge in [-0.1, -0.05) is 18.2 Å². The Bertz CT molecular complexity index is 1090. The molecule has 1 atom stereocenters. The first kappa shape index (κ1) is 21.2. The molecule has 0 fully saturated rings. The molecule has 0 aliphatic carbocycles. The maximum atomic E-state index is 13.6. The summed E-state index contributed by atoms with van der Waals surface area (Å²) >= 11 is 0. The molecule has 6 nitrogen and oxygen atoms in total. The smallest absolute Gasteiger partial charge is 0.254 e. The summed E-state index contributed by atoms with van der Waals surface area (Å²) in [5.41, 5.74) is 11.5. The van der Waals surface area contributed by atoms with E-state index in [0.29, 0.717) is 38.3 Å². The van der Waals surface area contributed by atoms with Gasteiger partial charge in [0.15, 0.2) is 0 Å². The Kier molecular flexibility index (Phi) is 6.15. The van der Waals surface area contributed by atoms with Crippen LogP contribution in [0.5, 0.6) is 0 Å². The van der Waals surface area contributed by atoms with Crippen LogP contribution in [0.4, 0.5) is 4.39 Å². The summed E-state index contributed by atoms with van der Waals surface area (Å²) in [4.78, 5) is 14.9. The molecule has 0 saturated heterocycles. The van der Waals surface area contributed by atoms with Crippen molar-refractivity contribution in [1.82, 2.24) is 14.7 Å². The minimum atomic E-state index is -0.284. The zero-order valence-electron chi connectivity index (χ0n) is 17.8. The van der Waals surface area contributed by atoms with Crippen molar-refractivity contribution in [3.8, 4) is 11.3 Å². The van der Waals surface area contributed by atoms with Crippen LogP contribution in [0.15, 0.2) is 48.7 Å². The van der Waals surface area contributed by atoms with E-state index in [9.17, 15) is 9.18 Å². The van der Waals surface area contributed by atoms with E-state index in [2.05, 4.69) is 11.2 Å². The van der Waals surface area contributed by atoms with Crippen LogP contribution in [0.2, 0.25) is 0 Å². The summed E-state index contributed by atoms with van der Waals surface area (Å²) in [7, 11) is 1.90. The zero-order valence-corrected chi connectivity index (χ0v) is 17.8. The lowest BCUT2D eigenvalue weighted by Gasteiger charge is -2.26. The first-order valence-corrected chi connectivity index (χ1v) is 10.5. The Morgan fingerprint density at radius 1 is 1.26 bits per heavy atom. The van der Waals surface area contributed by atoms with Crippen molar-refractivity contribution < 1.29 is 13.9 Å². The Morgan fingerprint density at radius 3 is 2.84 bits per heavy atom. The second-order valence-electron chi connectivity index (χ2n) is 7.81. The van der Waals surface area contributed by atoms with Crippen LogP contribution < -0.4 is 5.73 Å². The molecule has 2 aromatic carbocycles. The number of ether oxygens (including phenoxy) is 1. The predicted octanol–water partition coefficient (Wildman–Crippen LogP) is 3.29. The number of halogens is 1. The van der Waals surface area contributed by atoms with Gasteiger partial charge in [-0.2, -0.15) is 5.10 Å². The van der Waals surface area contributed by atoms with Crippen LogP contribution in [-0.4, -0.2) is 39.8 Å². The van der Waals surface area contributed by atoms with E-state index in [-0.39, 0.29) is 17.8 Å². The molecular formula is C24H27FN4O2. The molecule has 0 radical (unpaired) electrons. The van der Waals surface area contributed by atoms with E-state index in [1.165, 1.54) is 12.1 Å². The normalized spacial score (nSPS) is 14.2. The minimum Gasteiger partial charge on any atom is -0.377 e. The Labute approximate surface area is 181 Å². The summed E-state index contributed by atoms with van der Waals surface area (Å²) in [5, 5.41) is 4.38. The topological polar surface area (TPSA) is 73.4 Å². The number of carbonyl (C=O) groups excluding carboxylic acids is 1. The summed E-state index contributed by atoms with van der Waals surface area (Å²) in [5.74, 6) is -0.319. The maximum absolute atomic E-state index is 13.6. The number of amides is 1. The quantitative estimate of drug-likeness (QED) is 0.605. The second kappa shape index (κ2) is 8.99. The molecule has 0 unspecified atom stereocenters. The number of nitrogens with two attached hydrogens (primary N) is 1. The molecule has 4 rings (SSSR count). The number of hydrogen-bond donors (Lipinski definition) is 1. The first-order valence-electron chi connectivity index (χ1n) is 10.5. The lowest BCUT2D eigenvalue weighted by Crippen LogP contribution is -2.42. The minimum absolute atomic E-state index is 0.0343. The van der Waals surface area contributed by atoms with E-state index in [4.69, 9.17) is 10.5 Å². The van der Waals surface area contributed by atoms with E-state index < -0.39 is 0 Å². The van der Waals surface area contributed by atoms with Crippen molar-refractivity contribution in [2.75, 3.05) is 13.2 Å². The summed E-state index contributed by atoms with van der Waals surface area (Å²) in [6, 6.07) is 12.1. The van der Waals surface area contributed by atoms with Crippen molar-refractivity contribution >= 4 is 5.91 Å². The largest absolute Gasteiger partial charge is 0.377 e. The number of hydrogen-bond acceptors (Lipinski definition) is 4. The van der Waals surface area contributed by atoms with Crippen LogP contribution in [0.25, 0.3) is 11.3 Å². The fraction of sp³-hybridized carbons (Fsp3) is 0.333. The van der Waals surface area contributed by atoms with Gasteiger partial charge in [-0.3, -0.25) is 9.48 Å². The van der Waals surface area contributed by atoms with E-state index >= 15 is 0 Å². The molecule has 0 saturated carbocycles. The zero-order chi connectivity index (χ0) is 22.0. The average molecular weight is 423 g/mol. The number of rotatable bonds is 8. The highest BCUT2D eigenvalue weighted by Gasteiger charge is 2.32. The Hall–Kier alpha value is -3.03. The number of carbonyl (C=O) groups is 1. The van der Waals surface area contributed by atoms with Crippen LogP contribution in [-0.2, 0) is 31.4 Å². The number of nitrogens with zero attached hydrogens (tertiary/aromatic N) is 3. The third-order valence-corrected chi connectivity index (χ3v) is 5.76. The highest BCUT2D eigenvalue weighted by atomic mass is 19.1. The molecular weight excluding hydrogens is 395 g/mol. The van der Waals surface area contributed by atoms with Crippen molar-refractivity contribution in [3.05, 3.63) is 76.7 Å². The summed E-state index contributed by atoms with van der Waals surface area (Å²) < 4.78 is 21.0. The fourth-order valence-corrected chi connectivity index (χ4v) is 4.22. The maximum Gasteiger partial charge on any atom is 0.254 e. The van der Waals surface area contributed by atoms with Crippen LogP contribution >= 0.6 is 0 Å². The van der Waals surface area contributed by atoms with E-state index in [1.807, 2.05) is 43.0 Å².